The van der Waals surface area contributed by atoms with Crippen molar-refractivity contribution in [2.45, 2.75) is 25.7 Å². The fourth-order valence-corrected chi connectivity index (χ4v) is 2.67. The number of benzene rings is 2. The first-order valence-electron chi connectivity index (χ1n) is 6.70. The summed E-state index contributed by atoms with van der Waals surface area (Å²) >= 11 is 3.42. The molecular formula is C17H19BrFN. The molecule has 20 heavy (non-hydrogen) atoms. The third kappa shape index (κ3) is 3.10. The predicted octanol–water partition coefficient (Wildman–Crippen LogP) is 4.42. The molecule has 0 amide bonds. The minimum atomic E-state index is -0.369. The van der Waals surface area contributed by atoms with Crippen LogP contribution in [-0.2, 0) is 11.8 Å². The van der Waals surface area contributed by atoms with Gasteiger partial charge in [0.1, 0.15) is 5.82 Å². The first-order valence-corrected chi connectivity index (χ1v) is 7.49. The fourth-order valence-electron chi connectivity index (χ4n) is 2.41. The van der Waals surface area contributed by atoms with Crippen LogP contribution in [-0.4, -0.2) is 6.54 Å². The molecule has 0 unspecified atom stereocenters. The Balaban J connectivity index is 2.40. The standard InChI is InChI=1S/C17H19BrFN/c1-17(2,13-4-6-14(18)7-5-13)15-8-3-12(9-10-20)11-16(15)19/h3-8,11H,9-10,20H2,1-2H3. The van der Waals surface area contributed by atoms with E-state index in [1.807, 2.05) is 50.2 Å². The largest absolute Gasteiger partial charge is 0.330 e. The van der Waals surface area contributed by atoms with Crippen LogP contribution in [0, 0.1) is 5.82 Å². The Labute approximate surface area is 128 Å². The van der Waals surface area contributed by atoms with Crippen LogP contribution in [0.4, 0.5) is 4.39 Å². The molecule has 2 rings (SSSR count). The fraction of sp³-hybridized carbons (Fsp3) is 0.294. The molecule has 0 aliphatic rings. The van der Waals surface area contributed by atoms with E-state index in [1.54, 1.807) is 6.07 Å². The van der Waals surface area contributed by atoms with Crippen molar-refractivity contribution in [1.29, 1.82) is 0 Å². The van der Waals surface area contributed by atoms with Gasteiger partial charge in [0.15, 0.2) is 0 Å². The van der Waals surface area contributed by atoms with Crippen molar-refractivity contribution in [3.8, 4) is 0 Å². The van der Waals surface area contributed by atoms with Gasteiger partial charge < -0.3 is 5.73 Å². The molecule has 0 fully saturated rings. The average molecular weight is 336 g/mol. The zero-order valence-corrected chi connectivity index (χ0v) is 13.4. The van der Waals surface area contributed by atoms with E-state index in [2.05, 4.69) is 15.9 Å². The molecule has 2 aromatic rings. The van der Waals surface area contributed by atoms with Gasteiger partial charge in [-0.1, -0.05) is 54.0 Å². The number of halogens is 2. The Morgan fingerprint density at radius 1 is 1.10 bits per heavy atom. The third-order valence-electron chi connectivity index (χ3n) is 3.71. The molecule has 0 saturated carbocycles. The molecule has 0 aliphatic heterocycles. The van der Waals surface area contributed by atoms with Crippen LogP contribution >= 0.6 is 15.9 Å². The Kier molecular flexibility index (Phi) is 4.61. The molecule has 0 saturated heterocycles. The summed E-state index contributed by atoms with van der Waals surface area (Å²) in [5.74, 6) is -0.163. The number of hydrogen-bond donors (Lipinski definition) is 1. The second-order valence-corrected chi connectivity index (χ2v) is 6.40. The third-order valence-corrected chi connectivity index (χ3v) is 4.23. The van der Waals surface area contributed by atoms with Crippen molar-refractivity contribution < 1.29 is 4.39 Å². The number of nitrogens with two attached hydrogens (primary N) is 1. The van der Waals surface area contributed by atoms with E-state index in [9.17, 15) is 4.39 Å². The maximum Gasteiger partial charge on any atom is 0.127 e. The van der Waals surface area contributed by atoms with Crippen molar-refractivity contribution in [3.05, 3.63) is 69.4 Å². The van der Waals surface area contributed by atoms with Crippen LogP contribution in [0.25, 0.3) is 0 Å². The molecule has 3 heteroatoms. The normalized spacial score (nSPS) is 11.7. The van der Waals surface area contributed by atoms with E-state index in [0.717, 1.165) is 15.6 Å². The summed E-state index contributed by atoms with van der Waals surface area (Å²) in [4.78, 5) is 0. The molecule has 1 nitrogen and oxygen atoms in total. The van der Waals surface area contributed by atoms with E-state index in [-0.39, 0.29) is 11.2 Å². The average Bonchev–Trinajstić information content (AvgIpc) is 2.39. The van der Waals surface area contributed by atoms with Crippen LogP contribution in [0.2, 0.25) is 0 Å². The molecule has 106 valence electrons. The van der Waals surface area contributed by atoms with Crippen LogP contribution in [0.15, 0.2) is 46.9 Å². The van der Waals surface area contributed by atoms with Gasteiger partial charge in [-0.05, 0) is 47.9 Å². The maximum atomic E-state index is 14.4. The van der Waals surface area contributed by atoms with Crippen molar-refractivity contribution in [1.82, 2.24) is 0 Å². The van der Waals surface area contributed by atoms with Gasteiger partial charge in [0.05, 0.1) is 0 Å². The van der Waals surface area contributed by atoms with E-state index < -0.39 is 0 Å². The Morgan fingerprint density at radius 3 is 2.30 bits per heavy atom. The SMILES string of the molecule is CC(C)(c1ccc(Br)cc1)c1ccc(CCN)cc1F. The van der Waals surface area contributed by atoms with E-state index in [4.69, 9.17) is 5.73 Å². The van der Waals surface area contributed by atoms with Crippen LogP contribution < -0.4 is 5.73 Å². The first kappa shape index (κ1) is 15.2. The number of rotatable bonds is 4. The van der Waals surface area contributed by atoms with Gasteiger partial charge in [0.2, 0.25) is 0 Å². The summed E-state index contributed by atoms with van der Waals surface area (Å²) in [5.41, 5.74) is 7.89. The lowest BCUT2D eigenvalue weighted by molar-refractivity contribution is 0.546. The van der Waals surface area contributed by atoms with Crippen LogP contribution in [0.3, 0.4) is 0 Å². The molecular weight excluding hydrogens is 317 g/mol. The smallest absolute Gasteiger partial charge is 0.127 e. The summed E-state index contributed by atoms with van der Waals surface area (Å²) in [5, 5.41) is 0. The molecule has 0 atom stereocenters. The zero-order chi connectivity index (χ0) is 14.8. The summed E-state index contributed by atoms with van der Waals surface area (Å²) in [6.45, 7) is 4.61. The highest BCUT2D eigenvalue weighted by Crippen LogP contribution is 2.34. The zero-order valence-electron chi connectivity index (χ0n) is 11.8. The molecule has 0 bridgehead atoms. The minimum Gasteiger partial charge on any atom is -0.330 e. The lowest BCUT2D eigenvalue weighted by Gasteiger charge is -2.27. The van der Waals surface area contributed by atoms with Gasteiger partial charge >= 0.3 is 0 Å². The van der Waals surface area contributed by atoms with Crippen molar-refractivity contribution in [2.24, 2.45) is 5.73 Å². The minimum absolute atomic E-state index is 0.163. The monoisotopic (exact) mass is 335 g/mol. The second kappa shape index (κ2) is 6.06. The second-order valence-electron chi connectivity index (χ2n) is 5.48. The van der Waals surface area contributed by atoms with E-state index in [1.165, 1.54) is 0 Å². The predicted molar refractivity (Wildman–Crippen MR) is 85.4 cm³/mol. The molecule has 2 N–H and O–H groups in total. The number of hydrogen-bond acceptors (Lipinski definition) is 1. The molecule has 0 spiro atoms. The molecule has 0 aromatic heterocycles. The summed E-state index contributed by atoms with van der Waals surface area (Å²) in [7, 11) is 0. The van der Waals surface area contributed by atoms with Crippen molar-refractivity contribution >= 4 is 15.9 Å². The highest BCUT2D eigenvalue weighted by atomic mass is 79.9. The maximum absolute atomic E-state index is 14.4. The Morgan fingerprint density at radius 2 is 1.75 bits per heavy atom. The van der Waals surface area contributed by atoms with Crippen LogP contribution in [0.5, 0.6) is 0 Å². The van der Waals surface area contributed by atoms with Gasteiger partial charge in [-0.2, -0.15) is 0 Å². The lowest BCUT2D eigenvalue weighted by atomic mass is 9.77. The molecule has 0 radical (unpaired) electrons. The van der Waals surface area contributed by atoms with Crippen molar-refractivity contribution in [2.75, 3.05) is 6.54 Å². The van der Waals surface area contributed by atoms with Gasteiger partial charge in [0, 0.05) is 9.89 Å². The topological polar surface area (TPSA) is 26.0 Å². The highest BCUT2D eigenvalue weighted by molar-refractivity contribution is 9.10. The first-order chi connectivity index (χ1) is 9.45. The van der Waals surface area contributed by atoms with Gasteiger partial charge in [-0.25, -0.2) is 4.39 Å². The quantitative estimate of drug-likeness (QED) is 0.879. The van der Waals surface area contributed by atoms with Gasteiger partial charge in [-0.3, -0.25) is 0 Å². The molecule has 2 aromatic carbocycles. The van der Waals surface area contributed by atoms with E-state index >= 15 is 0 Å². The summed E-state index contributed by atoms with van der Waals surface area (Å²) in [6, 6.07) is 13.5. The molecule has 0 heterocycles. The molecule has 0 aliphatic carbocycles. The van der Waals surface area contributed by atoms with Gasteiger partial charge in [0.25, 0.3) is 0 Å². The Bertz CT molecular complexity index is 590. The highest BCUT2D eigenvalue weighted by Gasteiger charge is 2.26. The Hall–Kier alpha value is -1.19. The summed E-state index contributed by atoms with van der Waals surface area (Å²) < 4.78 is 15.4. The van der Waals surface area contributed by atoms with E-state index in [0.29, 0.717) is 18.5 Å². The lowest BCUT2D eigenvalue weighted by Crippen LogP contribution is -2.20. The van der Waals surface area contributed by atoms with Crippen LogP contribution in [0.1, 0.15) is 30.5 Å². The van der Waals surface area contributed by atoms with Crippen molar-refractivity contribution in [3.63, 3.8) is 0 Å². The van der Waals surface area contributed by atoms with Gasteiger partial charge in [-0.15, -0.1) is 0 Å². The summed E-state index contributed by atoms with van der Waals surface area (Å²) in [6.07, 6.45) is 0.704.